The number of hydrogen-bond acceptors (Lipinski definition) is 8. The van der Waals surface area contributed by atoms with Crippen LogP contribution in [0.2, 0.25) is 0 Å². The Morgan fingerprint density at radius 3 is 2.85 bits per heavy atom. The van der Waals surface area contributed by atoms with Gasteiger partial charge in [0.05, 0.1) is 24.9 Å². The molecule has 0 spiro atoms. The zero-order chi connectivity index (χ0) is 18.7. The van der Waals surface area contributed by atoms with Gasteiger partial charge in [-0.15, -0.1) is 22.7 Å². The highest BCUT2D eigenvalue weighted by molar-refractivity contribution is 7.14. The minimum absolute atomic E-state index is 0.0980. The van der Waals surface area contributed by atoms with Crippen molar-refractivity contribution in [1.82, 2.24) is 20.2 Å². The molecular formula is C16H21N5O3S2. The van der Waals surface area contributed by atoms with E-state index in [2.05, 4.69) is 20.6 Å². The molecule has 0 bridgehead atoms. The van der Waals surface area contributed by atoms with Gasteiger partial charge in [0.1, 0.15) is 16.7 Å². The number of carbonyl (C=O) groups is 2. The smallest absolute Gasteiger partial charge is 0.276 e. The summed E-state index contributed by atoms with van der Waals surface area (Å²) in [4.78, 5) is 35.2. The Bertz CT molecular complexity index is 790. The highest BCUT2D eigenvalue weighted by atomic mass is 32.1. The summed E-state index contributed by atoms with van der Waals surface area (Å²) >= 11 is 2.71. The number of anilines is 1. The topological polar surface area (TPSA) is 96.5 Å². The van der Waals surface area contributed by atoms with E-state index in [4.69, 9.17) is 4.74 Å². The molecule has 1 saturated heterocycles. The molecule has 2 aromatic heterocycles. The van der Waals surface area contributed by atoms with Crippen LogP contribution in [-0.2, 0) is 9.53 Å². The molecule has 2 atom stereocenters. The SMILES string of the molecule is Cc1csc(NC(=O)c2csc([C@@H](C)NC(=O)[C@@H]3COCCN3C)n2)n1. The quantitative estimate of drug-likeness (QED) is 0.799. The molecule has 3 heterocycles. The lowest BCUT2D eigenvalue weighted by Crippen LogP contribution is -2.52. The minimum Gasteiger partial charge on any atom is -0.378 e. The number of nitrogens with one attached hydrogen (secondary N) is 2. The Kier molecular flexibility index (Phi) is 5.97. The average molecular weight is 396 g/mol. The summed E-state index contributed by atoms with van der Waals surface area (Å²) in [5, 5.41) is 10.5. The van der Waals surface area contributed by atoms with Crippen LogP contribution in [0.5, 0.6) is 0 Å². The second kappa shape index (κ2) is 8.21. The van der Waals surface area contributed by atoms with Gasteiger partial charge in [-0.25, -0.2) is 9.97 Å². The minimum atomic E-state index is -0.305. The molecule has 0 aliphatic carbocycles. The van der Waals surface area contributed by atoms with Crippen molar-refractivity contribution >= 4 is 39.6 Å². The fourth-order valence-corrected chi connectivity index (χ4v) is 3.99. The first-order valence-electron chi connectivity index (χ1n) is 8.21. The first-order chi connectivity index (χ1) is 12.4. The maximum Gasteiger partial charge on any atom is 0.276 e. The molecule has 140 valence electrons. The van der Waals surface area contributed by atoms with Gasteiger partial charge in [-0.2, -0.15) is 0 Å². The highest BCUT2D eigenvalue weighted by Gasteiger charge is 2.28. The van der Waals surface area contributed by atoms with Crippen molar-refractivity contribution in [2.24, 2.45) is 0 Å². The third kappa shape index (κ3) is 4.44. The van der Waals surface area contributed by atoms with Gasteiger partial charge in [0.25, 0.3) is 5.91 Å². The van der Waals surface area contributed by atoms with Crippen molar-refractivity contribution in [2.45, 2.75) is 25.9 Å². The number of likely N-dealkylation sites (N-methyl/N-ethyl adjacent to an activating group) is 1. The van der Waals surface area contributed by atoms with E-state index < -0.39 is 0 Å². The van der Waals surface area contributed by atoms with Crippen LogP contribution in [0.1, 0.15) is 34.2 Å². The lowest BCUT2D eigenvalue weighted by molar-refractivity contribution is -0.132. The van der Waals surface area contributed by atoms with Gasteiger partial charge in [0.15, 0.2) is 5.13 Å². The lowest BCUT2D eigenvalue weighted by Gasteiger charge is -2.31. The first kappa shape index (κ1) is 18.9. The standard InChI is InChI=1S/C16H21N5O3S2/c1-9-7-26-16(17-9)20-13(22)11-8-25-15(19-11)10(2)18-14(23)12-6-24-5-4-21(12)3/h7-8,10,12H,4-6H2,1-3H3,(H,18,23)(H,17,20,22)/t10-,12+/m1/s1. The van der Waals surface area contributed by atoms with Crippen molar-refractivity contribution in [2.75, 3.05) is 32.1 Å². The van der Waals surface area contributed by atoms with E-state index in [0.29, 0.717) is 29.0 Å². The maximum atomic E-state index is 12.4. The number of aryl methyl sites for hydroxylation is 1. The van der Waals surface area contributed by atoms with Crippen LogP contribution in [0.25, 0.3) is 0 Å². The van der Waals surface area contributed by atoms with Crippen LogP contribution in [0, 0.1) is 6.92 Å². The Hall–Kier alpha value is -1.88. The van der Waals surface area contributed by atoms with Crippen molar-refractivity contribution in [3.8, 4) is 0 Å². The Morgan fingerprint density at radius 2 is 2.15 bits per heavy atom. The zero-order valence-corrected chi connectivity index (χ0v) is 16.4. The van der Waals surface area contributed by atoms with Crippen LogP contribution in [0.4, 0.5) is 5.13 Å². The third-order valence-corrected chi connectivity index (χ3v) is 5.93. The van der Waals surface area contributed by atoms with E-state index in [1.165, 1.54) is 22.7 Å². The highest BCUT2D eigenvalue weighted by Crippen LogP contribution is 2.20. The lowest BCUT2D eigenvalue weighted by atomic mass is 10.2. The molecule has 26 heavy (non-hydrogen) atoms. The van der Waals surface area contributed by atoms with Gasteiger partial charge in [-0.05, 0) is 20.9 Å². The number of nitrogens with zero attached hydrogens (tertiary/aromatic N) is 3. The monoisotopic (exact) mass is 395 g/mol. The number of morpholine rings is 1. The second-order valence-corrected chi connectivity index (χ2v) is 7.87. The van der Waals surface area contributed by atoms with Crippen molar-refractivity contribution < 1.29 is 14.3 Å². The predicted octanol–water partition coefficient (Wildman–Crippen LogP) is 1.67. The number of rotatable bonds is 5. The summed E-state index contributed by atoms with van der Waals surface area (Å²) in [7, 11) is 1.91. The Balaban J connectivity index is 1.59. The normalized spacial score (nSPS) is 19.1. The summed E-state index contributed by atoms with van der Waals surface area (Å²) in [6.07, 6.45) is 0. The summed E-state index contributed by atoms with van der Waals surface area (Å²) in [6, 6.07) is -0.589. The molecule has 3 rings (SSSR count). The summed E-state index contributed by atoms with van der Waals surface area (Å²) in [5.41, 5.74) is 1.18. The van der Waals surface area contributed by atoms with Crippen molar-refractivity contribution in [3.63, 3.8) is 0 Å². The molecule has 0 radical (unpaired) electrons. The Labute approximate surface area is 159 Å². The molecule has 8 nitrogen and oxygen atoms in total. The molecule has 1 aliphatic heterocycles. The van der Waals surface area contributed by atoms with Crippen LogP contribution in [-0.4, -0.2) is 59.5 Å². The van der Waals surface area contributed by atoms with Crippen LogP contribution in [0.15, 0.2) is 10.8 Å². The molecule has 2 N–H and O–H groups in total. The second-order valence-electron chi connectivity index (χ2n) is 6.12. The number of ether oxygens (including phenoxy) is 1. The molecular weight excluding hydrogens is 374 g/mol. The van der Waals surface area contributed by atoms with E-state index in [1.54, 1.807) is 5.38 Å². The van der Waals surface area contributed by atoms with Crippen LogP contribution in [0.3, 0.4) is 0 Å². The fraction of sp³-hybridized carbons (Fsp3) is 0.500. The van der Waals surface area contributed by atoms with Crippen LogP contribution >= 0.6 is 22.7 Å². The van der Waals surface area contributed by atoms with Crippen molar-refractivity contribution in [3.05, 3.63) is 27.2 Å². The van der Waals surface area contributed by atoms with E-state index >= 15 is 0 Å². The summed E-state index contributed by atoms with van der Waals surface area (Å²) in [5.74, 6) is -0.403. The third-order valence-electron chi connectivity index (χ3n) is 4.02. The predicted molar refractivity (Wildman–Crippen MR) is 101 cm³/mol. The number of thiazole rings is 2. The Morgan fingerprint density at radius 1 is 1.35 bits per heavy atom. The van der Waals surface area contributed by atoms with Crippen LogP contribution < -0.4 is 10.6 Å². The summed E-state index contributed by atoms with van der Waals surface area (Å²) in [6.45, 7) is 5.47. The fourth-order valence-electron chi connectivity index (χ4n) is 2.50. The summed E-state index contributed by atoms with van der Waals surface area (Å²) < 4.78 is 5.38. The molecule has 2 amide bonds. The van der Waals surface area contributed by atoms with E-state index in [-0.39, 0.29) is 23.9 Å². The van der Waals surface area contributed by atoms with E-state index in [9.17, 15) is 9.59 Å². The first-order valence-corrected chi connectivity index (χ1v) is 9.97. The number of amides is 2. The van der Waals surface area contributed by atoms with Gasteiger partial charge in [-0.3, -0.25) is 19.8 Å². The number of hydrogen-bond donors (Lipinski definition) is 2. The molecule has 0 aromatic carbocycles. The molecule has 1 fully saturated rings. The largest absolute Gasteiger partial charge is 0.378 e. The maximum absolute atomic E-state index is 12.4. The van der Waals surface area contributed by atoms with Gasteiger partial charge >= 0.3 is 0 Å². The molecule has 0 unspecified atom stereocenters. The van der Waals surface area contributed by atoms with Gasteiger partial charge in [0.2, 0.25) is 5.91 Å². The van der Waals surface area contributed by atoms with Gasteiger partial charge < -0.3 is 10.1 Å². The number of aromatic nitrogens is 2. The molecule has 0 saturated carbocycles. The van der Waals surface area contributed by atoms with Crippen molar-refractivity contribution in [1.29, 1.82) is 0 Å². The number of carbonyl (C=O) groups excluding carboxylic acids is 2. The van der Waals surface area contributed by atoms with Gasteiger partial charge in [0, 0.05) is 17.3 Å². The molecule has 1 aliphatic rings. The van der Waals surface area contributed by atoms with Gasteiger partial charge in [-0.1, -0.05) is 0 Å². The molecule has 2 aromatic rings. The van der Waals surface area contributed by atoms with E-state index in [0.717, 1.165) is 12.2 Å². The van der Waals surface area contributed by atoms with E-state index in [1.807, 2.05) is 31.2 Å². The molecule has 10 heteroatoms. The zero-order valence-electron chi connectivity index (χ0n) is 14.8. The average Bonchev–Trinajstić information content (AvgIpc) is 3.24.